The zero-order chi connectivity index (χ0) is 15.3. The monoisotopic (exact) mass is 309 g/mol. The molecule has 0 amide bonds. The number of unbranched alkanes of at least 4 members (excludes halogenated alkanes) is 2. The van der Waals surface area contributed by atoms with Gasteiger partial charge in [0.05, 0.1) is 17.5 Å². The number of sulfone groups is 1. The lowest BCUT2D eigenvalue weighted by molar-refractivity contribution is 0.471. The van der Waals surface area contributed by atoms with E-state index >= 15 is 0 Å². The molecule has 2 rings (SSSR count). The molecule has 4 nitrogen and oxygen atoms in total. The Hall–Kier alpha value is -1.33. The lowest BCUT2D eigenvalue weighted by Gasteiger charge is -2.13. The zero-order valence-electron chi connectivity index (χ0n) is 12.6. The van der Waals surface area contributed by atoms with E-state index < -0.39 is 9.84 Å². The molecule has 2 aromatic rings. The van der Waals surface area contributed by atoms with Gasteiger partial charge in [0.25, 0.3) is 0 Å². The normalized spacial score (nSPS) is 13.6. The number of para-hydroxylation sites is 1. The van der Waals surface area contributed by atoms with Crippen molar-refractivity contribution in [3.05, 3.63) is 36.1 Å². The number of furan rings is 1. The van der Waals surface area contributed by atoms with Gasteiger partial charge in [0, 0.05) is 5.39 Å². The van der Waals surface area contributed by atoms with Crippen molar-refractivity contribution in [2.75, 3.05) is 18.6 Å². The predicted molar refractivity (Wildman–Crippen MR) is 86.2 cm³/mol. The highest BCUT2D eigenvalue weighted by Crippen LogP contribution is 2.24. The number of fused-ring (bicyclic) bond motifs is 1. The lowest BCUT2D eigenvalue weighted by Crippen LogP contribution is -2.26. The number of hydrogen-bond donors (Lipinski definition) is 1. The molecule has 0 radical (unpaired) electrons. The lowest BCUT2D eigenvalue weighted by atomic mass is 10.2. The Bertz CT molecular complexity index is 643. The maximum Gasteiger partial charge on any atom is 0.152 e. The fourth-order valence-electron chi connectivity index (χ4n) is 2.39. The third-order valence-corrected chi connectivity index (χ3v) is 5.37. The molecule has 21 heavy (non-hydrogen) atoms. The van der Waals surface area contributed by atoms with Crippen molar-refractivity contribution >= 4 is 20.8 Å². The van der Waals surface area contributed by atoms with E-state index in [9.17, 15) is 8.42 Å². The van der Waals surface area contributed by atoms with Crippen molar-refractivity contribution < 1.29 is 12.8 Å². The van der Waals surface area contributed by atoms with Gasteiger partial charge in [-0.05, 0) is 25.6 Å². The molecule has 1 unspecified atom stereocenters. The van der Waals surface area contributed by atoms with Crippen LogP contribution < -0.4 is 5.32 Å². The minimum absolute atomic E-state index is 0.0764. The number of hydrogen-bond acceptors (Lipinski definition) is 4. The Morgan fingerprint density at radius 3 is 2.67 bits per heavy atom. The SMILES string of the molecule is CCCCCS(=O)(=O)CC(NC)c1cc2ccccc2o1. The minimum Gasteiger partial charge on any atom is -0.459 e. The molecule has 1 aromatic carbocycles. The Balaban J connectivity index is 2.12. The fraction of sp³-hybridized carbons (Fsp3) is 0.500. The first-order valence-electron chi connectivity index (χ1n) is 7.42. The van der Waals surface area contributed by atoms with Crippen LogP contribution in [0.15, 0.2) is 34.7 Å². The van der Waals surface area contributed by atoms with Crippen molar-refractivity contribution in [3.8, 4) is 0 Å². The molecular weight excluding hydrogens is 286 g/mol. The quantitative estimate of drug-likeness (QED) is 0.760. The highest BCUT2D eigenvalue weighted by Gasteiger charge is 2.22. The maximum atomic E-state index is 12.2. The molecule has 0 aliphatic rings. The van der Waals surface area contributed by atoms with Gasteiger partial charge in [-0.1, -0.05) is 38.0 Å². The van der Waals surface area contributed by atoms with E-state index in [1.165, 1.54) is 0 Å². The summed E-state index contributed by atoms with van der Waals surface area (Å²) in [5.74, 6) is 1.00. The third-order valence-electron chi connectivity index (χ3n) is 3.62. The number of benzene rings is 1. The van der Waals surface area contributed by atoms with Crippen LogP contribution in [0.2, 0.25) is 0 Å². The first-order chi connectivity index (χ1) is 10.1. The summed E-state index contributed by atoms with van der Waals surface area (Å²) < 4.78 is 30.1. The van der Waals surface area contributed by atoms with E-state index in [-0.39, 0.29) is 17.5 Å². The zero-order valence-corrected chi connectivity index (χ0v) is 13.4. The first-order valence-corrected chi connectivity index (χ1v) is 9.24. The highest BCUT2D eigenvalue weighted by molar-refractivity contribution is 7.91. The first kappa shape index (κ1) is 16.0. The van der Waals surface area contributed by atoms with Crippen LogP contribution in [0.3, 0.4) is 0 Å². The number of rotatable bonds is 8. The summed E-state index contributed by atoms with van der Waals surface area (Å²) in [4.78, 5) is 0. The van der Waals surface area contributed by atoms with Gasteiger partial charge in [-0.15, -0.1) is 0 Å². The Morgan fingerprint density at radius 1 is 1.24 bits per heavy atom. The van der Waals surface area contributed by atoms with E-state index in [1.54, 1.807) is 7.05 Å². The molecule has 0 saturated heterocycles. The summed E-state index contributed by atoms with van der Waals surface area (Å²) in [6.45, 7) is 2.07. The third kappa shape index (κ3) is 4.32. The second-order valence-electron chi connectivity index (χ2n) is 5.35. The fourth-order valence-corrected chi connectivity index (χ4v) is 4.04. The van der Waals surface area contributed by atoms with Crippen LogP contribution in [0, 0.1) is 0 Å². The van der Waals surface area contributed by atoms with Crippen LogP contribution in [0.1, 0.15) is 38.0 Å². The van der Waals surface area contributed by atoms with Crippen LogP contribution in [-0.4, -0.2) is 27.0 Å². The molecule has 0 aliphatic heterocycles. The molecule has 0 fully saturated rings. The summed E-state index contributed by atoms with van der Waals surface area (Å²) in [7, 11) is -1.31. The van der Waals surface area contributed by atoms with E-state index in [2.05, 4.69) is 12.2 Å². The summed E-state index contributed by atoms with van der Waals surface area (Å²) in [6.07, 6.45) is 2.71. The van der Waals surface area contributed by atoms with E-state index in [0.29, 0.717) is 5.76 Å². The van der Waals surface area contributed by atoms with Crippen molar-refractivity contribution in [3.63, 3.8) is 0 Å². The standard InChI is InChI=1S/C16H23NO3S/c1-3-4-7-10-21(18,19)12-14(17-2)16-11-13-8-5-6-9-15(13)20-16/h5-6,8-9,11,14,17H,3-4,7,10,12H2,1-2H3. The number of nitrogens with one attached hydrogen (secondary N) is 1. The van der Waals surface area contributed by atoms with Crippen LogP contribution >= 0.6 is 0 Å². The summed E-state index contributed by atoms with van der Waals surface area (Å²) in [5, 5.41) is 4.05. The van der Waals surface area contributed by atoms with Gasteiger partial charge in [0.2, 0.25) is 0 Å². The molecule has 1 heterocycles. The molecule has 0 bridgehead atoms. The van der Waals surface area contributed by atoms with Gasteiger partial charge in [-0.25, -0.2) is 8.42 Å². The minimum atomic E-state index is -3.07. The molecular formula is C16H23NO3S. The van der Waals surface area contributed by atoms with Gasteiger partial charge in [-0.2, -0.15) is 0 Å². The van der Waals surface area contributed by atoms with Crippen molar-refractivity contribution in [1.29, 1.82) is 0 Å². The molecule has 0 spiro atoms. The molecule has 0 saturated carbocycles. The van der Waals surface area contributed by atoms with Crippen molar-refractivity contribution in [2.45, 2.75) is 32.2 Å². The molecule has 1 atom stereocenters. The van der Waals surface area contributed by atoms with Gasteiger partial charge in [-0.3, -0.25) is 0 Å². The Kier molecular flexibility index (Phi) is 5.42. The molecule has 1 N–H and O–H groups in total. The molecule has 116 valence electrons. The summed E-state index contributed by atoms with van der Waals surface area (Å²) >= 11 is 0. The van der Waals surface area contributed by atoms with Gasteiger partial charge in [0.1, 0.15) is 11.3 Å². The van der Waals surface area contributed by atoms with Gasteiger partial charge >= 0.3 is 0 Å². The topological polar surface area (TPSA) is 59.3 Å². The summed E-state index contributed by atoms with van der Waals surface area (Å²) in [6, 6.07) is 9.32. The van der Waals surface area contributed by atoms with E-state index in [1.807, 2.05) is 30.3 Å². The Morgan fingerprint density at radius 2 is 2.00 bits per heavy atom. The second-order valence-corrected chi connectivity index (χ2v) is 7.58. The average Bonchev–Trinajstić information content (AvgIpc) is 2.88. The maximum absolute atomic E-state index is 12.2. The largest absolute Gasteiger partial charge is 0.459 e. The smallest absolute Gasteiger partial charge is 0.152 e. The van der Waals surface area contributed by atoms with Crippen molar-refractivity contribution in [2.24, 2.45) is 0 Å². The van der Waals surface area contributed by atoms with Crippen LogP contribution in [-0.2, 0) is 9.84 Å². The van der Waals surface area contributed by atoms with Crippen LogP contribution in [0.5, 0.6) is 0 Å². The van der Waals surface area contributed by atoms with Crippen molar-refractivity contribution in [1.82, 2.24) is 5.32 Å². The Labute approximate surface area is 126 Å². The molecule has 1 aromatic heterocycles. The van der Waals surface area contributed by atoms with Gasteiger partial charge < -0.3 is 9.73 Å². The van der Waals surface area contributed by atoms with E-state index in [4.69, 9.17) is 4.42 Å². The van der Waals surface area contributed by atoms with Gasteiger partial charge in [0.15, 0.2) is 9.84 Å². The molecule has 0 aliphatic carbocycles. The predicted octanol–water partition coefficient (Wildman–Crippen LogP) is 3.30. The second kappa shape index (κ2) is 7.09. The highest BCUT2D eigenvalue weighted by atomic mass is 32.2. The van der Waals surface area contributed by atoms with E-state index in [0.717, 1.165) is 30.2 Å². The van der Waals surface area contributed by atoms with Crippen LogP contribution in [0.4, 0.5) is 0 Å². The molecule has 5 heteroatoms. The average molecular weight is 309 g/mol. The summed E-state index contributed by atoms with van der Waals surface area (Å²) in [5.41, 5.74) is 0.788. The van der Waals surface area contributed by atoms with Crippen LogP contribution in [0.25, 0.3) is 11.0 Å².